The van der Waals surface area contributed by atoms with Crippen LogP contribution < -0.4 is 15.0 Å². The lowest BCUT2D eigenvalue weighted by atomic mass is 9.96. The van der Waals surface area contributed by atoms with Gasteiger partial charge in [0.25, 0.3) is 0 Å². The molecule has 2 heterocycles. The number of likely N-dealkylation sites (tertiary alicyclic amines) is 1. The van der Waals surface area contributed by atoms with Crippen LogP contribution in [0.4, 0.5) is 10.5 Å². The molecule has 1 atom stereocenters. The summed E-state index contributed by atoms with van der Waals surface area (Å²) in [5.74, 6) is 0.746. The van der Waals surface area contributed by atoms with E-state index in [4.69, 9.17) is 4.74 Å². The Morgan fingerprint density at radius 1 is 1.13 bits per heavy atom. The highest BCUT2D eigenvalue weighted by Crippen LogP contribution is 2.34. The number of carbonyl (C=O) groups is 2. The number of hydrogen-bond acceptors (Lipinski definition) is 3. The second-order valence-corrected chi connectivity index (χ2v) is 8.81. The van der Waals surface area contributed by atoms with Gasteiger partial charge >= 0.3 is 6.03 Å². The number of ether oxygens (including phenoxy) is 1. The van der Waals surface area contributed by atoms with Crippen molar-refractivity contribution in [3.63, 3.8) is 0 Å². The van der Waals surface area contributed by atoms with Gasteiger partial charge in [-0.3, -0.25) is 9.69 Å². The number of carbonyl (C=O) groups excluding carboxylic acids is 2. The van der Waals surface area contributed by atoms with Crippen molar-refractivity contribution in [2.45, 2.75) is 32.4 Å². The molecule has 3 amide bonds. The van der Waals surface area contributed by atoms with Crippen LogP contribution in [0.2, 0.25) is 0 Å². The summed E-state index contributed by atoms with van der Waals surface area (Å²) < 4.78 is 6.85. The zero-order valence-electron chi connectivity index (χ0n) is 17.0. The number of hydrogen-bond donors (Lipinski definition) is 1. The Labute approximate surface area is 185 Å². The zero-order valence-corrected chi connectivity index (χ0v) is 18.6. The molecule has 0 saturated carbocycles. The van der Waals surface area contributed by atoms with Gasteiger partial charge in [-0.2, -0.15) is 0 Å². The minimum Gasteiger partial charge on any atom is -0.487 e. The molecule has 30 heavy (non-hydrogen) atoms. The average Bonchev–Trinajstić information content (AvgIpc) is 2.76. The third kappa shape index (κ3) is 4.61. The third-order valence-corrected chi connectivity index (χ3v) is 6.14. The Kier molecular flexibility index (Phi) is 6.27. The molecule has 6 nitrogen and oxygen atoms in total. The van der Waals surface area contributed by atoms with E-state index in [9.17, 15) is 9.59 Å². The molecule has 2 aromatic rings. The lowest BCUT2D eigenvalue weighted by Gasteiger charge is -2.39. The van der Waals surface area contributed by atoms with Crippen molar-refractivity contribution >= 4 is 33.6 Å². The summed E-state index contributed by atoms with van der Waals surface area (Å²) in [5, 5.41) is 3.03. The summed E-state index contributed by atoms with van der Waals surface area (Å²) in [5.41, 5.74) is 1.87. The second-order valence-electron chi connectivity index (χ2n) is 7.90. The number of nitrogens with one attached hydrogen (secondary N) is 1. The van der Waals surface area contributed by atoms with Crippen molar-refractivity contribution in [3.05, 3.63) is 58.6 Å². The minimum atomic E-state index is -0.0582. The van der Waals surface area contributed by atoms with Crippen LogP contribution in [0.1, 0.15) is 25.3 Å². The molecular formula is C23H26BrN3O3. The highest BCUT2D eigenvalue weighted by atomic mass is 79.9. The number of amides is 3. The quantitative estimate of drug-likeness (QED) is 0.729. The van der Waals surface area contributed by atoms with Gasteiger partial charge in [0.2, 0.25) is 5.91 Å². The number of halogens is 1. The molecule has 0 bridgehead atoms. The molecule has 1 saturated heterocycles. The number of para-hydroxylation sites is 2. The van der Waals surface area contributed by atoms with E-state index in [0.29, 0.717) is 39.0 Å². The Hall–Kier alpha value is -2.54. The molecule has 0 spiro atoms. The normalized spacial score (nSPS) is 19.1. The minimum absolute atomic E-state index is 0.00871. The molecule has 0 aromatic heterocycles. The van der Waals surface area contributed by atoms with E-state index in [-0.39, 0.29) is 24.0 Å². The van der Waals surface area contributed by atoms with E-state index in [1.165, 1.54) is 0 Å². The summed E-state index contributed by atoms with van der Waals surface area (Å²) in [6, 6.07) is 15.6. The number of anilines is 1. The Morgan fingerprint density at radius 2 is 1.90 bits per heavy atom. The van der Waals surface area contributed by atoms with E-state index in [2.05, 4.69) is 21.2 Å². The molecule has 2 aliphatic rings. The van der Waals surface area contributed by atoms with Gasteiger partial charge in [-0.25, -0.2) is 4.79 Å². The maximum atomic E-state index is 13.2. The van der Waals surface area contributed by atoms with Crippen LogP contribution in [-0.2, 0) is 11.3 Å². The number of urea groups is 1. The summed E-state index contributed by atoms with van der Waals surface area (Å²) >= 11 is 3.45. The van der Waals surface area contributed by atoms with E-state index < -0.39 is 0 Å². The largest absolute Gasteiger partial charge is 0.487 e. The first kappa shape index (κ1) is 20.7. The Morgan fingerprint density at radius 3 is 2.67 bits per heavy atom. The van der Waals surface area contributed by atoms with Crippen LogP contribution >= 0.6 is 15.9 Å². The van der Waals surface area contributed by atoms with E-state index in [1.54, 1.807) is 4.90 Å². The van der Waals surface area contributed by atoms with E-state index in [1.807, 2.05) is 60.4 Å². The molecule has 1 fully saturated rings. The number of fused-ring (bicyclic) bond motifs is 1. The number of rotatable bonds is 3. The fourth-order valence-electron chi connectivity index (χ4n) is 4.05. The molecule has 2 aliphatic heterocycles. The van der Waals surface area contributed by atoms with E-state index in [0.717, 1.165) is 21.5 Å². The third-order valence-electron chi connectivity index (χ3n) is 5.65. The van der Waals surface area contributed by atoms with Crippen LogP contribution in [0.25, 0.3) is 0 Å². The summed E-state index contributed by atoms with van der Waals surface area (Å²) in [6.45, 7) is 4.18. The highest BCUT2D eigenvalue weighted by molar-refractivity contribution is 9.10. The molecule has 4 rings (SSSR count). The van der Waals surface area contributed by atoms with Gasteiger partial charge in [0.1, 0.15) is 11.9 Å². The van der Waals surface area contributed by atoms with Crippen LogP contribution in [0, 0.1) is 5.92 Å². The van der Waals surface area contributed by atoms with Crippen molar-refractivity contribution in [1.82, 2.24) is 10.2 Å². The SMILES string of the molecule is C[C@H]1CN(C(=O)N2CCC(C(=O)NCc3cccc(Br)c3)CC2)c2ccccc2O1. The van der Waals surface area contributed by atoms with Crippen LogP contribution in [0.5, 0.6) is 5.75 Å². The molecule has 158 valence electrons. The second kappa shape index (κ2) is 9.08. The molecule has 0 radical (unpaired) electrons. The predicted molar refractivity (Wildman–Crippen MR) is 120 cm³/mol. The molecular weight excluding hydrogens is 446 g/mol. The van der Waals surface area contributed by atoms with Crippen molar-refractivity contribution in [1.29, 1.82) is 0 Å². The summed E-state index contributed by atoms with van der Waals surface area (Å²) in [7, 11) is 0. The van der Waals surface area contributed by atoms with Crippen LogP contribution in [-0.4, -0.2) is 42.6 Å². The lowest BCUT2D eigenvalue weighted by Crippen LogP contribution is -2.52. The first-order valence-corrected chi connectivity index (χ1v) is 11.1. The topological polar surface area (TPSA) is 61.9 Å². The predicted octanol–water partition coefficient (Wildman–Crippen LogP) is 4.18. The molecule has 0 unspecified atom stereocenters. The van der Waals surface area contributed by atoms with Crippen molar-refractivity contribution in [2.75, 3.05) is 24.5 Å². The van der Waals surface area contributed by atoms with Gasteiger partial charge in [-0.05, 0) is 49.6 Å². The maximum absolute atomic E-state index is 13.2. The lowest BCUT2D eigenvalue weighted by molar-refractivity contribution is -0.126. The number of nitrogens with zero attached hydrogens (tertiary/aromatic N) is 2. The van der Waals surface area contributed by atoms with Crippen molar-refractivity contribution < 1.29 is 14.3 Å². The van der Waals surface area contributed by atoms with Gasteiger partial charge in [-0.15, -0.1) is 0 Å². The molecule has 7 heteroatoms. The maximum Gasteiger partial charge on any atom is 0.324 e. The molecule has 0 aliphatic carbocycles. The Bertz CT molecular complexity index is 927. The van der Waals surface area contributed by atoms with Gasteiger partial charge in [0.15, 0.2) is 0 Å². The molecule has 1 N–H and O–H groups in total. The van der Waals surface area contributed by atoms with Crippen LogP contribution in [0.15, 0.2) is 53.0 Å². The fourth-order valence-corrected chi connectivity index (χ4v) is 4.50. The number of piperidine rings is 1. The standard InChI is InChI=1S/C23H26BrN3O3/c1-16-15-27(20-7-2-3-8-21(20)30-16)23(29)26-11-9-18(10-12-26)22(28)25-14-17-5-4-6-19(24)13-17/h2-8,13,16,18H,9-12,14-15H2,1H3,(H,25,28)/t16-/m0/s1. The van der Waals surface area contributed by atoms with Crippen molar-refractivity contribution in [2.24, 2.45) is 5.92 Å². The van der Waals surface area contributed by atoms with Crippen molar-refractivity contribution in [3.8, 4) is 5.75 Å². The molecule has 2 aromatic carbocycles. The first-order valence-electron chi connectivity index (χ1n) is 10.4. The Balaban J connectivity index is 1.32. The van der Waals surface area contributed by atoms with Gasteiger partial charge in [0, 0.05) is 30.0 Å². The fraction of sp³-hybridized carbons (Fsp3) is 0.391. The van der Waals surface area contributed by atoms with E-state index >= 15 is 0 Å². The smallest absolute Gasteiger partial charge is 0.324 e. The first-order chi connectivity index (χ1) is 14.5. The highest BCUT2D eigenvalue weighted by Gasteiger charge is 2.33. The summed E-state index contributed by atoms with van der Waals surface area (Å²) in [4.78, 5) is 29.4. The number of benzene rings is 2. The summed E-state index contributed by atoms with van der Waals surface area (Å²) in [6.07, 6.45) is 1.31. The monoisotopic (exact) mass is 471 g/mol. The van der Waals surface area contributed by atoms with Gasteiger partial charge in [-0.1, -0.05) is 40.2 Å². The zero-order chi connectivity index (χ0) is 21.1. The van der Waals surface area contributed by atoms with Gasteiger partial charge in [0.05, 0.1) is 12.2 Å². The van der Waals surface area contributed by atoms with Crippen LogP contribution in [0.3, 0.4) is 0 Å². The average molecular weight is 472 g/mol. The van der Waals surface area contributed by atoms with Gasteiger partial charge < -0.3 is 15.0 Å².